The highest BCUT2D eigenvalue weighted by atomic mass is 16.3. The lowest BCUT2D eigenvalue weighted by Crippen LogP contribution is -2.29. The van der Waals surface area contributed by atoms with E-state index in [-0.39, 0.29) is 18.4 Å². The molecule has 1 atom stereocenters. The Morgan fingerprint density at radius 1 is 1.05 bits per heavy atom. The molecule has 2 aromatic carbocycles. The summed E-state index contributed by atoms with van der Waals surface area (Å²) in [4.78, 5) is 11.9. The molecule has 0 aliphatic rings. The molecule has 0 aliphatic carbocycles. The molecule has 104 valence electrons. The summed E-state index contributed by atoms with van der Waals surface area (Å²) in [6, 6.07) is 17.6. The summed E-state index contributed by atoms with van der Waals surface area (Å²) in [5.41, 5.74) is 2.86. The van der Waals surface area contributed by atoms with Gasteiger partial charge < -0.3 is 10.4 Å². The largest absolute Gasteiger partial charge is 0.396 e. The minimum atomic E-state index is -0.107. The zero-order valence-corrected chi connectivity index (χ0v) is 11.5. The normalized spacial score (nSPS) is 11.9. The highest BCUT2D eigenvalue weighted by Gasteiger charge is 2.07. The molecule has 0 saturated heterocycles. The van der Waals surface area contributed by atoms with Gasteiger partial charge in [-0.05, 0) is 29.2 Å². The molecule has 2 N–H and O–H groups in total. The third-order valence-corrected chi connectivity index (χ3v) is 3.18. The molecular formula is C17H19NO2. The first-order valence-corrected chi connectivity index (χ1v) is 6.75. The quantitative estimate of drug-likeness (QED) is 0.876. The Bertz CT molecular complexity index is 549. The fourth-order valence-electron chi connectivity index (χ4n) is 1.88. The number of nitrogens with one attached hydrogen (secondary N) is 1. The van der Waals surface area contributed by atoms with Crippen molar-refractivity contribution in [2.75, 3.05) is 13.2 Å². The summed E-state index contributed by atoms with van der Waals surface area (Å²) in [5.74, 6) is -0.0348. The van der Waals surface area contributed by atoms with Gasteiger partial charge in [0.1, 0.15) is 0 Å². The number of benzene rings is 2. The van der Waals surface area contributed by atoms with Gasteiger partial charge in [0.25, 0.3) is 5.91 Å². The fourth-order valence-corrected chi connectivity index (χ4v) is 1.88. The maximum Gasteiger partial charge on any atom is 0.251 e. The van der Waals surface area contributed by atoms with Crippen molar-refractivity contribution < 1.29 is 9.90 Å². The van der Waals surface area contributed by atoms with Crippen molar-refractivity contribution in [1.29, 1.82) is 0 Å². The van der Waals surface area contributed by atoms with Crippen molar-refractivity contribution in [2.45, 2.75) is 6.92 Å². The summed E-state index contributed by atoms with van der Waals surface area (Å²) in [6.07, 6.45) is 0. The van der Waals surface area contributed by atoms with Gasteiger partial charge in [0.2, 0.25) is 0 Å². The van der Waals surface area contributed by atoms with E-state index in [2.05, 4.69) is 5.32 Å². The number of hydrogen-bond acceptors (Lipinski definition) is 2. The lowest BCUT2D eigenvalue weighted by atomic mass is 10.0. The fraction of sp³-hybridized carbons (Fsp3) is 0.235. The van der Waals surface area contributed by atoms with Crippen LogP contribution in [0.25, 0.3) is 11.1 Å². The highest BCUT2D eigenvalue weighted by Crippen LogP contribution is 2.19. The number of aliphatic hydroxyl groups is 1. The summed E-state index contributed by atoms with van der Waals surface area (Å²) in [7, 11) is 0. The van der Waals surface area contributed by atoms with E-state index in [1.54, 1.807) is 0 Å². The number of amides is 1. The maximum atomic E-state index is 11.9. The monoisotopic (exact) mass is 269 g/mol. The standard InChI is InChI=1S/C17H19NO2/c1-13(12-19)11-18-17(20)16-9-7-15(8-10-16)14-5-3-2-4-6-14/h2-10,13,19H,11-12H2,1H3,(H,18,20). The second kappa shape index (κ2) is 6.87. The Balaban J connectivity index is 2.03. The molecule has 3 nitrogen and oxygen atoms in total. The van der Waals surface area contributed by atoms with Crippen molar-refractivity contribution >= 4 is 5.91 Å². The van der Waals surface area contributed by atoms with Gasteiger partial charge in [-0.15, -0.1) is 0 Å². The van der Waals surface area contributed by atoms with Crippen LogP contribution < -0.4 is 5.32 Å². The number of carbonyl (C=O) groups is 1. The molecular weight excluding hydrogens is 250 g/mol. The first-order valence-electron chi connectivity index (χ1n) is 6.75. The minimum Gasteiger partial charge on any atom is -0.396 e. The average molecular weight is 269 g/mol. The predicted octanol–water partition coefficient (Wildman–Crippen LogP) is 2.71. The molecule has 0 spiro atoms. The van der Waals surface area contributed by atoms with Gasteiger partial charge in [-0.1, -0.05) is 49.4 Å². The Morgan fingerprint density at radius 3 is 2.25 bits per heavy atom. The van der Waals surface area contributed by atoms with Crippen LogP contribution >= 0.6 is 0 Å². The van der Waals surface area contributed by atoms with Crippen LogP contribution in [0.4, 0.5) is 0 Å². The van der Waals surface area contributed by atoms with Gasteiger partial charge in [0.15, 0.2) is 0 Å². The molecule has 2 rings (SSSR count). The van der Waals surface area contributed by atoms with Crippen LogP contribution in [0.2, 0.25) is 0 Å². The molecule has 20 heavy (non-hydrogen) atoms. The third-order valence-electron chi connectivity index (χ3n) is 3.18. The molecule has 3 heteroatoms. The summed E-state index contributed by atoms with van der Waals surface area (Å²) in [6.45, 7) is 2.45. The van der Waals surface area contributed by atoms with E-state index in [9.17, 15) is 4.79 Å². The lowest BCUT2D eigenvalue weighted by molar-refractivity contribution is 0.0942. The van der Waals surface area contributed by atoms with E-state index >= 15 is 0 Å². The molecule has 0 radical (unpaired) electrons. The van der Waals surface area contributed by atoms with Gasteiger partial charge >= 0.3 is 0 Å². The first kappa shape index (κ1) is 14.3. The Hall–Kier alpha value is -2.13. The molecule has 0 fully saturated rings. The molecule has 0 aliphatic heterocycles. The van der Waals surface area contributed by atoms with E-state index in [1.807, 2.05) is 61.5 Å². The van der Waals surface area contributed by atoms with Crippen LogP contribution in [-0.2, 0) is 0 Å². The van der Waals surface area contributed by atoms with E-state index in [1.165, 1.54) is 0 Å². The van der Waals surface area contributed by atoms with Crippen LogP contribution in [-0.4, -0.2) is 24.2 Å². The molecule has 0 heterocycles. The number of aliphatic hydroxyl groups excluding tert-OH is 1. The van der Waals surface area contributed by atoms with Crippen molar-refractivity contribution in [3.63, 3.8) is 0 Å². The Morgan fingerprint density at radius 2 is 1.65 bits per heavy atom. The van der Waals surface area contributed by atoms with Crippen molar-refractivity contribution in [2.24, 2.45) is 5.92 Å². The van der Waals surface area contributed by atoms with Gasteiger partial charge in [-0.25, -0.2) is 0 Å². The van der Waals surface area contributed by atoms with Gasteiger partial charge in [0, 0.05) is 18.7 Å². The van der Waals surface area contributed by atoms with Gasteiger partial charge in [0.05, 0.1) is 0 Å². The summed E-state index contributed by atoms with van der Waals surface area (Å²) < 4.78 is 0. The Kier molecular flexibility index (Phi) is 4.91. The number of hydrogen-bond donors (Lipinski definition) is 2. The second-order valence-electron chi connectivity index (χ2n) is 4.94. The van der Waals surface area contributed by atoms with Gasteiger partial charge in [-0.2, -0.15) is 0 Å². The maximum absolute atomic E-state index is 11.9. The zero-order chi connectivity index (χ0) is 14.4. The summed E-state index contributed by atoms with van der Waals surface area (Å²) >= 11 is 0. The van der Waals surface area contributed by atoms with Crippen molar-refractivity contribution in [1.82, 2.24) is 5.32 Å². The Labute approximate surface area is 119 Å². The highest BCUT2D eigenvalue weighted by molar-refractivity contribution is 5.94. The minimum absolute atomic E-state index is 0.0718. The lowest BCUT2D eigenvalue weighted by Gasteiger charge is -2.10. The van der Waals surface area contributed by atoms with Crippen LogP contribution in [0.1, 0.15) is 17.3 Å². The molecule has 1 amide bonds. The third kappa shape index (κ3) is 3.68. The molecule has 0 saturated carbocycles. The molecule has 0 aromatic heterocycles. The molecule has 0 bridgehead atoms. The topological polar surface area (TPSA) is 49.3 Å². The van der Waals surface area contributed by atoms with E-state index in [4.69, 9.17) is 5.11 Å². The zero-order valence-electron chi connectivity index (χ0n) is 11.5. The van der Waals surface area contributed by atoms with E-state index in [0.717, 1.165) is 11.1 Å². The second-order valence-corrected chi connectivity index (χ2v) is 4.94. The SMILES string of the molecule is CC(CO)CNC(=O)c1ccc(-c2ccccc2)cc1. The van der Waals surface area contributed by atoms with Gasteiger partial charge in [-0.3, -0.25) is 4.79 Å². The predicted molar refractivity (Wildman–Crippen MR) is 80.5 cm³/mol. The summed E-state index contributed by atoms with van der Waals surface area (Å²) in [5, 5.41) is 11.7. The van der Waals surface area contributed by atoms with Crippen LogP contribution in [0.3, 0.4) is 0 Å². The van der Waals surface area contributed by atoms with Crippen molar-refractivity contribution in [3.8, 4) is 11.1 Å². The van der Waals surface area contributed by atoms with Crippen molar-refractivity contribution in [3.05, 3.63) is 60.2 Å². The van der Waals surface area contributed by atoms with Crippen LogP contribution in [0.5, 0.6) is 0 Å². The van der Waals surface area contributed by atoms with E-state index in [0.29, 0.717) is 12.1 Å². The molecule has 2 aromatic rings. The smallest absolute Gasteiger partial charge is 0.251 e. The average Bonchev–Trinajstić information content (AvgIpc) is 2.53. The number of rotatable bonds is 5. The molecule has 1 unspecified atom stereocenters. The van der Waals surface area contributed by atoms with E-state index < -0.39 is 0 Å². The first-order chi connectivity index (χ1) is 9.70. The number of carbonyl (C=O) groups excluding carboxylic acids is 1. The van der Waals surface area contributed by atoms with Crippen LogP contribution in [0.15, 0.2) is 54.6 Å². The van der Waals surface area contributed by atoms with Crippen LogP contribution in [0, 0.1) is 5.92 Å².